The molecular weight excluding hydrogens is 372 g/mol. The minimum absolute atomic E-state index is 0.214. The first-order valence-corrected chi connectivity index (χ1v) is 11.1. The SMILES string of the molecule is Cc1cccc(-c2nc(CN3CCC(C(O)CCc4ccccc4)CC3)c(C)o2)c1. The number of piperidine rings is 1. The van der Waals surface area contributed by atoms with Crippen molar-refractivity contribution < 1.29 is 9.52 Å². The molecule has 4 nitrogen and oxygen atoms in total. The number of likely N-dealkylation sites (tertiary alicyclic amines) is 1. The number of benzene rings is 2. The summed E-state index contributed by atoms with van der Waals surface area (Å²) in [7, 11) is 0. The fraction of sp³-hybridized carbons (Fsp3) is 0.423. The van der Waals surface area contributed by atoms with E-state index in [1.165, 1.54) is 11.1 Å². The maximum atomic E-state index is 10.7. The molecule has 1 fully saturated rings. The summed E-state index contributed by atoms with van der Waals surface area (Å²) in [5.41, 5.74) is 4.57. The maximum Gasteiger partial charge on any atom is 0.226 e. The summed E-state index contributed by atoms with van der Waals surface area (Å²) in [6.07, 6.45) is 3.66. The van der Waals surface area contributed by atoms with Gasteiger partial charge in [-0.15, -0.1) is 0 Å². The van der Waals surface area contributed by atoms with Gasteiger partial charge in [-0.3, -0.25) is 4.90 Å². The van der Waals surface area contributed by atoms with E-state index in [-0.39, 0.29) is 6.10 Å². The van der Waals surface area contributed by atoms with Crippen LogP contribution in [0, 0.1) is 19.8 Å². The first-order valence-electron chi connectivity index (χ1n) is 11.1. The third kappa shape index (κ3) is 5.18. The van der Waals surface area contributed by atoms with Gasteiger partial charge in [-0.1, -0.05) is 48.0 Å². The summed E-state index contributed by atoms with van der Waals surface area (Å²) in [6, 6.07) is 18.7. The summed E-state index contributed by atoms with van der Waals surface area (Å²) in [5.74, 6) is 2.00. The van der Waals surface area contributed by atoms with Gasteiger partial charge in [-0.25, -0.2) is 4.98 Å². The predicted molar refractivity (Wildman–Crippen MR) is 120 cm³/mol. The van der Waals surface area contributed by atoms with Crippen LogP contribution in [0.25, 0.3) is 11.5 Å². The Morgan fingerprint density at radius 1 is 1.07 bits per heavy atom. The molecule has 4 heteroatoms. The van der Waals surface area contributed by atoms with Gasteiger partial charge in [0.1, 0.15) is 5.76 Å². The van der Waals surface area contributed by atoms with Gasteiger partial charge in [0.15, 0.2) is 0 Å². The molecule has 1 aliphatic rings. The van der Waals surface area contributed by atoms with Crippen LogP contribution in [0.3, 0.4) is 0 Å². The Balaban J connectivity index is 1.28. The van der Waals surface area contributed by atoms with Crippen LogP contribution in [-0.2, 0) is 13.0 Å². The Kier molecular flexibility index (Phi) is 6.66. The van der Waals surface area contributed by atoms with Gasteiger partial charge in [-0.05, 0) is 76.2 Å². The van der Waals surface area contributed by atoms with E-state index >= 15 is 0 Å². The minimum Gasteiger partial charge on any atom is -0.441 e. The van der Waals surface area contributed by atoms with Crippen LogP contribution in [0.1, 0.15) is 41.8 Å². The molecule has 3 aromatic rings. The van der Waals surface area contributed by atoms with Crippen molar-refractivity contribution in [3.63, 3.8) is 0 Å². The summed E-state index contributed by atoms with van der Waals surface area (Å²) in [6.45, 7) is 6.90. The molecule has 2 heterocycles. The van der Waals surface area contributed by atoms with Crippen molar-refractivity contribution in [2.75, 3.05) is 13.1 Å². The number of aryl methyl sites for hydroxylation is 3. The van der Waals surface area contributed by atoms with Crippen LogP contribution in [-0.4, -0.2) is 34.2 Å². The normalized spacial score (nSPS) is 16.6. The topological polar surface area (TPSA) is 49.5 Å². The lowest BCUT2D eigenvalue weighted by Crippen LogP contribution is -2.37. The molecule has 0 radical (unpaired) electrons. The fourth-order valence-electron chi connectivity index (χ4n) is 4.38. The second kappa shape index (κ2) is 9.59. The number of nitrogens with zero attached hydrogens (tertiary/aromatic N) is 2. The molecule has 1 atom stereocenters. The second-order valence-electron chi connectivity index (χ2n) is 8.60. The highest BCUT2D eigenvalue weighted by Crippen LogP contribution is 2.27. The van der Waals surface area contributed by atoms with Crippen molar-refractivity contribution in [3.05, 3.63) is 77.2 Å². The largest absolute Gasteiger partial charge is 0.441 e. The minimum atomic E-state index is -0.214. The highest BCUT2D eigenvalue weighted by molar-refractivity contribution is 5.54. The van der Waals surface area contributed by atoms with E-state index in [1.807, 2.05) is 25.1 Å². The Hall–Kier alpha value is -2.43. The monoisotopic (exact) mass is 404 g/mol. The number of aliphatic hydroxyl groups excluding tert-OH is 1. The molecule has 4 rings (SSSR count). The molecule has 0 aliphatic carbocycles. The van der Waals surface area contributed by atoms with Gasteiger partial charge < -0.3 is 9.52 Å². The van der Waals surface area contributed by atoms with Crippen molar-refractivity contribution >= 4 is 0 Å². The molecule has 1 unspecified atom stereocenters. The molecule has 0 amide bonds. The molecule has 1 aliphatic heterocycles. The Morgan fingerprint density at radius 3 is 2.57 bits per heavy atom. The van der Waals surface area contributed by atoms with Crippen LogP contribution in [0.4, 0.5) is 0 Å². The Labute approximate surface area is 179 Å². The highest BCUT2D eigenvalue weighted by atomic mass is 16.4. The standard InChI is InChI=1S/C26H32N2O2/c1-19-7-6-10-23(17-19)26-27-24(20(2)30-26)18-28-15-13-22(14-16-28)25(29)12-11-21-8-4-3-5-9-21/h3-10,17,22,25,29H,11-16,18H2,1-2H3. The maximum absolute atomic E-state index is 10.7. The van der Waals surface area contributed by atoms with E-state index in [4.69, 9.17) is 9.40 Å². The van der Waals surface area contributed by atoms with E-state index < -0.39 is 0 Å². The summed E-state index contributed by atoms with van der Waals surface area (Å²) < 4.78 is 5.95. The van der Waals surface area contributed by atoms with Crippen LogP contribution in [0.2, 0.25) is 0 Å². The molecular formula is C26H32N2O2. The zero-order chi connectivity index (χ0) is 20.9. The number of rotatable bonds is 7. The zero-order valence-electron chi connectivity index (χ0n) is 18.1. The average Bonchev–Trinajstić information content (AvgIpc) is 3.13. The van der Waals surface area contributed by atoms with E-state index in [2.05, 4.69) is 48.2 Å². The molecule has 0 saturated carbocycles. The number of hydrogen-bond donors (Lipinski definition) is 1. The highest BCUT2D eigenvalue weighted by Gasteiger charge is 2.26. The molecule has 158 valence electrons. The summed E-state index contributed by atoms with van der Waals surface area (Å²) >= 11 is 0. The number of hydrogen-bond acceptors (Lipinski definition) is 4. The van der Waals surface area contributed by atoms with E-state index in [9.17, 15) is 5.11 Å². The quantitative estimate of drug-likeness (QED) is 0.591. The Bertz CT molecular complexity index is 943. The molecule has 1 N–H and O–H groups in total. The third-order valence-corrected chi connectivity index (χ3v) is 6.28. The van der Waals surface area contributed by atoms with Crippen LogP contribution < -0.4 is 0 Å². The lowest BCUT2D eigenvalue weighted by molar-refractivity contribution is 0.0515. The van der Waals surface area contributed by atoms with Gasteiger partial charge in [-0.2, -0.15) is 0 Å². The lowest BCUT2D eigenvalue weighted by atomic mass is 9.88. The molecule has 0 bridgehead atoms. The van der Waals surface area contributed by atoms with Gasteiger partial charge in [0.05, 0.1) is 11.8 Å². The van der Waals surface area contributed by atoms with E-state index in [1.54, 1.807) is 0 Å². The number of aromatic nitrogens is 1. The van der Waals surface area contributed by atoms with Crippen molar-refractivity contribution in [1.29, 1.82) is 0 Å². The van der Waals surface area contributed by atoms with Crippen molar-refractivity contribution in [2.45, 2.75) is 52.2 Å². The smallest absolute Gasteiger partial charge is 0.226 e. The Morgan fingerprint density at radius 2 is 1.83 bits per heavy atom. The molecule has 0 spiro atoms. The van der Waals surface area contributed by atoms with Crippen molar-refractivity contribution in [1.82, 2.24) is 9.88 Å². The van der Waals surface area contributed by atoms with Crippen molar-refractivity contribution in [3.8, 4) is 11.5 Å². The van der Waals surface area contributed by atoms with Crippen LogP contribution in [0.15, 0.2) is 59.0 Å². The predicted octanol–water partition coefficient (Wildman–Crippen LogP) is 5.16. The number of aliphatic hydroxyl groups is 1. The summed E-state index contributed by atoms with van der Waals surface area (Å²) in [4.78, 5) is 7.21. The molecule has 30 heavy (non-hydrogen) atoms. The lowest BCUT2D eigenvalue weighted by Gasteiger charge is -2.34. The molecule has 2 aromatic carbocycles. The van der Waals surface area contributed by atoms with E-state index in [0.29, 0.717) is 11.8 Å². The third-order valence-electron chi connectivity index (χ3n) is 6.28. The summed E-state index contributed by atoms with van der Waals surface area (Å²) in [5, 5.41) is 10.7. The van der Waals surface area contributed by atoms with Gasteiger partial charge >= 0.3 is 0 Å². The van der Waals surface area contributed by atoms with Gasteiger partial charge in [0.2, 0.25) is 5.89 Å². The number of oxazole rings is 1. The van der Waals surface area contributed by atoms with Gasteiger partial charge in [0.25, 0.3) is 0 Å². The van der Waals surface area contributed by atoms with Crippen LogP contribution >= 0.6 is 0 Å². The first kappa shape index (κ1) is 20.8. The van der Waals surface area contributed by atoms with Crippen LogP contribution in [0.5, 0.6) is 0 Å². The van der Waals surface area contributed by atoms with Gasteiger partial charge in [0, 0.05) is 12.1 Å². The molecule has 1 saturated heterocycles. The zero-order valence-corrected chi connectivity index (χ0v) is 18.1. The van der Waals surface area contributed by atoms with Crippen molar-refractivity contribution in [2.24, 2.45) is 5.92 Å². The fourth-order valence-corrected chi connectivity index (χ4v) is 4.38. The van der Waals surface area contributed by atoms with E-state index in [0.717, 1.165) is 62.3 Å². The molecule has 1 aromatic heterocycles. The average molecular weight is 405 g/mol. The second-order valence-corrected chi connectivity index (χ2v) is 8.60. The first-order chi connectivity index (χ1) is 14.6.